The van der Waals surface area contributed by atoms with Crippen molar-refractivity contribution in [3.63, 3.8) is 0 Å². The summed E-state index contributed by atoms with van der Waals surface area (Å²) in [5, 5.41) is 20.2. The van der Waals surface area contributed by atoms with Gasteiger partial charge in [-0.15, -0.1) is 11.8 Å². The van der Waals surface area contributed by atoms with Crippen molar-refractivity contribution in [3.8, 4) is 23.6 Å². The van der Waals surface area contributed by atoms with Crippen LogP contribution in [0.5, 0.6) is 11.5 Å². The van der Waals surface area contributed by atoms with Crippen molar-refractivity contribution < 1.29 is 14.2 Å². The van der Waals surface area contributed by atoms with Crippen LogP contribution in [0, 0.1) is 22.7 Å². The minimum atomic E-state index is -0.145. The number of hydrogen-bond donors (Lipinski definition) is 1. The number of ether oxygens (including phenoxy) is 3. The van der Waals surface area contributed by atoms with Crippen LogP contribution in [0.1, 0.15) is 58.6 Å². The molecule has 0 heterocycles. The van der Waals surface area contributed by atoms with E-state index in [-0.39, 0.29) is 23.3 Å². The van der Waals surface area contributed by atoms with Crippen LogP contribution < -0.4 is 15.2 Å². The Kier molecular flexibility index (Phi) is 11.4. The highest BCUT2D eigenvalue weighted by molar-refractivity contribution is 8.02. The second-order valence-corrected chi connectivity index (χ2v) is 9.81. The first-order valence-electron chi connectivity index (χ1n) is 11.5. The van der Waals surface area contributed by atoms with Gasteiger partial charge in [0.2, 0.25) is 0 Å². The molecule has 0 bridgehead atoms. The van der Waals surface area contributed by atoms with Gasteiger partial charge in [-0.2, -0.15) is 10.5 Å². The van der Waals surface area contributed by atoms with Gasteiger partial charge in [-0.3, -0.25) is 0 Å². The Hall–Kier alpha value is -2.52. The lowest BCUT2D eigenvalue weighted by Gasteiger charge is -2.25. The monoisotopic (exact) mass is 499 g/mol. The summed E-state index contributed by atoms with van der Waals surface area (Å²) >= 11 is 2.97. The van der Waals surface area contributed by atoms with Gasteiger partial charge in [-0.05, 0) is 45.7 Å². The summed E-state index contributed by atoms with van der Waals surface area (Å²) in [5.41, 5.74) is 7.28. The molecule has 0 aliphatic carbocycles. The normalized spacial score (nSPS) is 12.4. The van der Waals surface area contributed by atoms with Gasteiger partial charge in [-0.25, -0.2) is 0 Å². The molecule has 2 atom stereocenters. The maximum absolute atomic E-state index is 10.1. The highest BCUT2D eigenvalue weighted by atomic mass is 32.2. The van der Waals surface area contributed by atoms with E-state index in [2.05, 4.69) is 12.1 Å². The predicted molar refractivity (Wildman–Crippen MR) is 139 cm³/mol. The number of thioether (sulfide) groups is 1. The lowest BCUT2D eigenvalue weighted by molar-refractivity contribution is 0.164. The van der Waals surface area contributed by atoms with Crippen LogP contribution in [0.15, 0.2) is 39.0 Å². The van der Waals surface area contributed by atoms with Crippen LogP contribution in [0.25, 0.3) is 0 Å². The molecule has 2 unspecified atom stereocenters. The van der Waals surface area contributed by atoms with E-state index in [4.69, 9.17) is 19.9 Å². The zero-order chi connectivity index (χ0) is 25.1. The molecular weight excluding hydrogens is 466 g/mol. The van der Waals surface area contributed by atoms with Crippen molar-refractivity contribution in [2.45, 2.75) is 74.4 Å². The van der Waals surface area contributed by atoms with E-state index in [0.717, 1.165) is 27.5 Å². The second-order valence-electron chi connectivity index (χ2n) is 7.65. The van der Waals surface area contributed by atoms with E-state index in [9.17, 15) is 10.5 Å². The van der Waals surface area contributed by atoms with E-state index < -0.39 is 0 Å². The molecule has 2 aromatic carbocycles. The van der Waals surface area contributed by atoms with Gasteiger partial charge in [0.15, 0.2) is 11.5 Å². The van der Waals surface area contributed by atoms with Crippen molar-refractivity contribution in [1.82, 2.24) is 0 Å². The van der Waals surface area contributed by atoms with Gasteiger partial charge >= 0.3 is 0 Å². The first kappa shape index (κ1) is 27.7. The molecule has 0 radical (unpaired) electrons. The molecule has 34 heavy (non-hydrogen) atoms. The molecule has 6 nitrogen and oxygen atoms in total. The van der Waals surface area contributed by atoms with E-state index >= 15 is 0 Å². The number of nitrogen functional groups attached to an aromatic ring is 1. The second kappa shape index (κ2) is 14.0. The molecule has 0 aliphatic rings. The summed E-state index contributed by atoms with van der Waals surface area (Å²) in [6, 6.07) is 12.0. The Morgan fingerprint density at radius 1 is 0.912 bits per heavy atom. The third-order valence-corrected chi connectivity index (χ3v) is 7.51. The number of nitrogens with zero attached hydrogens (tertiary/aromatic N) is 2. The largest absolute Gasteiger partial charge is 0.488 e. The molecule has 2 N–H and O–H groups in total. The number of benzene rings is 2. The zero-order valence-electron chi connectivity index (χ0n) is 20.5. The number of nitrogens with two attached hydrogens (primary N) is 1. The summed E-state index contributed by atoms with van der Waals surface area (Å²) in [5.74, 6) is 1.47. The van der Waals surface area contributed by atoms with E-state index in [0.29, 0.717) is 36.2 Å². The predicted octanol–water partition coefficient (Wildman–Crippen LogP) is 6.65. The summed E-state index contributed by atoms with van der Waals surface area (Å²) < 4.78 is 18.1. The van der Waals surface area contributed by atoms with E-state index in [1.54, 1.807) is 0 Å². The third kappa shape index (κ3) is 6.99. The maximum atomic E-state index is 10.1. The molecule has 0 spiro atoms. The Morgan fingerprint density at radius 3 is 1.97 bits per heavy atom. The van der Waals surface area contributed by atoms with Crippen molar-refractivity contribution in [3.05, 3.63) is 35.4 Å². The van der Waals surface area contributed by atoms with Crippen LogP contribution >= 0.6 is 23.5 Å². The number of anilines is 1. The Labute approximate surface area is 211 Å². The van der Waals surface area contributed by atoms with Gasteiger partial charge < -0.3 is 19.9 Å². The van der Waals surface area contributed by atoms with Crippen molar-refractivity contribution >= 4 is 29.2 Å². The highest BCUT2D eigenvalue weighted by Gasteiger charge is 2.29. The van der Waals surface area contributed by atoms with Gasteiger partial charge in [0.1, 0.15) is 23.3 Å². The summed E-state index contributed by atoms with van der Waals surface area (Å²) in [6.45, 7) is 11.1. The minimum absolute atomic E-state index is 0.133. The smallest absolute Gasteiger partial charge is 0.154 e. The summed E-state index contributed by atoms with van der Waals surface area (Å²) in [6.07, 6.45) is 1.23. The molecule has 2 aromatic rings. The number of nitriles is 2. The maximum Gasteiger partial charge on any atom is 0.154 e. The fourth-order valence-corrected chi connectivity index (χ4v) is 5.11. The molecule has 0 aromatic heterocycles. The minimum Gasteiger partial charge on any atom is -0.488 e. The molecule has 8 heteroatoms. The Balaban J connectivity index is 2.84. The third-order valence-electron chi connectivity index (χ3n) is 5.14. The summed E-state index contributed by atoms with van der Waals surface area (Å²) in [4.78, 5) is 2.34. The molecule has 182 valence electrons. The van der Waals surface area contributed by atoms with Crippen molar-refractivity contribution in [2.24, 2.45) is 0 Å². The highest BCUT2D eigenvalue weighted by Crippen LogP contribution is 2.51. The van der Waals surface area contributed by atoms with Crippen LogP contribution in [-0.2, 0) is 4.74 Å². The molecule has 0 fully saturated rings. The lowest BCUT2D eigenvalue weighted by Crippen LogP contribution is -2.16. The van der Waals surface area contributed by atoms with Crippen molar-refractivity contribution in [2.75, 3.05) is 24.7 Å². The molecule has 0 aliphatic heterocycles. The molecule has 2 rings (SSSR count). The van der Waals surface area contributed by atoms with Crippen LogP contribution in [0.2, 0.25) is 0 Å². The fraction of sp³-hybridized carbons (Fsp3) is 0.462. The average Bonchev–Trinajstić information content (AvgIpc) is 2.84. The molecular formula is C26H33N3O3S2. The molecule has 0 amide bonds. The molecule has 0 saturated heterocycles. The number of hydrogen-bond acceptors (Lipinski definition) is 8. The lowest BCUT2D eigenvalue weighted by atomic mass is 10.1. The van der Waals surface area contributed by atoms with Crippen LogP contribution in [0.4, 0.5) is 5.69 Å². The van der Waals surface area contributed by atoms with Gasteiger partial charge in [0.25, 0.3) is 0 Å². The van der Waals surface area contributed by atoms with Gasteiger partial charge in [0, 0.05) is 22.9 Å². The Morgan fingerprint density at radius 2 is 1.47 bits per heavy atom. The Bertz CT molecular complexity index is 1050. The standard InChI is InChI=1S/C26H33N3O3S2/c1-6-17(4)31-23-19(15-27)20(16-28)24(32-18(5)7-2)26(25(23)33-14-13-30-8-3)34-22-12-10-9-11-21(22)29/h9-12,17-18H,6-8,13-14,29H2,1-5H3. The van der Waals surface area contributed by atoms with E-state index in [1.165, 1.54) is 23.5 Å². The van der Waals surface area contributed by atoms with E-state index in [1.807, 2.05) is 58.9 Å². The zero-order valence-corrected chi connectivity index (χ0v) is 22.1. The average molecular weight is 500 g/mol. The fourth-order valence-electron chi connectivity index (χ4n) is 2.92. The SMILES string of the molecule is CCOCCSc1c(OC(C)CC)c(C#N)c(C#N)c(OC(C)CC)c1Sc1ccccc1N. The number of rotatable bonds is 13. The van der Waals surface area contributed by atoms with Crippen LogP contribution in [0.3, 0.4) is 0 Å². The first-order valence-corrected chi connectivity index (χ1v) is 13.3. The topological polar surface area (TPSA) is 101 Å². The van der Waals surface area contributed by atoms with Crippen LogP contribution in [-0.4, -0.2) is 31.2 Å². The number of para-hydroxylation sites is 1. The summed E-state index contributed by atoms with van der Waals surface area (Å²) in [7, 11) is 0. The quantitative estimate of drug-likeness (QED) is 0.186. The van der Waals surface area contributed by atoms with Gasteiger partial charge in [-0.1, -0.05) is 37.7 Å². The van der Waals surface area contributed by atoms with Gasteiger partial charge in [0.05, 0.1) is 28.6 Å². The first-order chi connectivity index (χ1) is 16.4. The molecule has 0 saturated carbocycles. The van der Waals surface area contributed by atoms with Crippen molar-refractivity contribution in [1.29, 1.82) is 10.5 Å².